The lowest BCUT2D eigenvalue weighted by atomic mass is 9.91. The highest BCUT2D eigenvalue weighted by Crippen LogP contribution is 2.24. The molecule has 2 aromatic heterocycles. The quantitative estimate of drug-likeness (QED) is 0.637. The van der Waals surface area contributed by atoms with Crippen LogP contribution in [0.25, 0.3) is 22.0 Å². The van der Waals surface area contributed by atoms with Gasteiger partial charge in [-0.25, -0.2) is 18.7 Å². The van der Waals surface area contributed by atoms with Crippen LogP contribution in [-0.4, -0.2) is 56.5 Å². The summed E-state index contributed by atoms with van der Waals surface area (Å²) in [6.45, 7) is 0.857. The number of nitrogens with zero attached hydrogens (tertiary/aromatic N) is 5. The van der Waals surface area contributed by atoms with E-state index < -0.39 is 6.43 Å². The summed E-state index contributed by atoms with van der Waals surface area (Å²) in [7, 11) is 1.87. The molecule has 0 aliphatic carbocycles. The fraction of sp³-hybridized carbons (Fsp3) is 0.429. The Kier molecular flexibility index (Phi) is 5.62. The van der Waals surface area contributed by atoms with Crippen molar-refractivity contribution in [3.8, 4) is 11.1 Å². The smallest absolute Gasteiger partial charge is 0.251 e. The molecule has 152 valence electrons. The highest BCUT2D eigenvalue weighted by Gasteiger charge is 2.26. The van der Waals surface area contributed by atoms with E-state index in [0.29, 0.717) is 31.8 Å². The van der Waals surface area contributed by atoms with Crippen LogP contribution < -0.4 is 0 Å². The molecule has 29 heavy (non-hydrogen) atoms. The molecule has 0 saturated carbocycles. The number of hydrogen-bond donors (Lipinski definition) is 0. The van der Waals surface area contributed by atoms with Crippen molar-refractivity contribution in [2.75, 3.05) is 19.6 Å². The summed E-state index contributed by atoms with van der Waals surface area (Å²) >= 11 is 0. The van der Waals surface area contributed by atoms with Crippen LogP contribution in [-0.2, 0) is 18.3 Å². The Morgan fingerprint density at radius 1 is 1.21 bits per heavy atom. The second-order valence-corrected chi connectivity index (χ2v) is 7.57. The molecule has 3 heterocycles. The lowest BCUT2D eigenvalue weighted by Crippen LogP contribution is -2.39. The number of halogens is 2. The normalized spacial score (nSPS) is 16.0. The number of alkyl halides is 2. The Labute approximate surface area is 167 Å². The molecule has 1 fully saturated rings. The molecule has 1 aliphatic rings. The van der Waals surface area contributed by atoms with E-state index in [9.17, 15) is 13.6 Å². The molecule has 4 rings (SSSR count). The highest BCUT2D eigenvalue weighted by atomic mass is 19.3. The zero-order chi connectivity index (χ0) is 20.4. The van der Waals surface area contributed by atoms with E-state index in [2.05, 4.69) is 15.1 Å². The third kappa shape index (κ3) is 4.64. The molecular formula is C21H23F2N5O. The van der Waals surface area contributed by atoms with Crippen molar-refractivity contribution < 1.29 is 13.6 Å². The van der Waals surface area contributed by atoms with Gasteiger partial charge in [-0.1, -0.05) is 12.1 Å². The number of fused-ring (bicyclic) bond motifs is 1. The standard InChI is InChI=1S/C21H23F2N5O/c1-27-12-17(11-25-27)15-2-3-16-10-24-21(26-18(16)8-15)9-19(29)14-4-6-28(7-5-14)13-20(22)23/h2-3,8,10-12,14,20H,4-7,9,13H2,1H3. The van der Waals surface area contributed by atoms with Crippen LogP contribution in [0.2, 0.25) is 0 Å². The molecule has 1 aliphatic heterocycles. The van der Waals surface area contributed by atoms with Crippen LogP contribution in [0.3, 0.4) is 0 Å². The van der Waals surface area contributed by atoms with E-state index in [1.54, 1.807) is 22.0 Å². The monoisotopic (exact) mass is 399 g/mol. The number of likely N-dealkylation sites (tertiary alicyclic amines) is 1. The van der Waals surface area contributed by atoms with Gasteiger partial charge >= 0.3 is 0 Å². The molecule has 0 bridgehead atoms. The first-order valence-corrected chi connectivity index (χ1v) is 9.76. The van der Waals surface area contributed by atoms with Gasteiger partial charge in [0.1, 0.15) is 11.6 Å². The fourth-order valence-electron chi connectivity index (χ4n) is 3.83. The molecule has 0 radical (unpaired) electrons. The minimum absolute atomic E-state index is 0.0875. The largest absolute Gasteiger partial charge is 0.299 e. The van der Waals surface area contributed by atoms with Gasteiger partial charge < -0.3 is 0 Å². The second kappa shape index (κ2) is 8.32. The van der Waals surface area contributed by atoms with Gasteiger partial charge in [-0.2, -0.15) is 5.10 Å². The van der Waals surface area contributed by atoms with Crippen LogP contribution >= 0.6 is 0 Å². The molecule has 8 heteroatoms. The van der Waals surface area contributed by atoms with Crippen LogP contribution in [0.15, 0.2) is 36.8 Å². The van der Waals surface area contributed by atoms with Crippen LogP contribution in [0.5, 0.6) is 0 Å². The Morgan fingerprint density at radius 3 is 2.69 bits per heavy atom. The van der Waals surface area contributed by atoms with Crippen molar-refractivity contribution in [2.24, 2.45) is 13.0 Å². The summed E-state index contributed by atoms with van der Waals surface area (Å²) in [6.07, 6.45) is 4.55. The van der Waals surface area contributed by atoms with Crippen molar-refractivity contribution in [1.29, 1.82) is 0 Å². The Bertz CT molecular complexity index is 1010. The number of Topliss-reactive ketones (excluding diaryl/α,β-unsaturated/α-hetero) is 1. The van der Waals surface area contributed by atoms with Crippen LogP contribution in [0.4, 0.5) is 8.78 Å². The number of ketones is 1. The minimum atomic E-state index is -2.33. The summed E-state index contributed by atoms with van der Waals surface area (Å²) in [4.78, 5) is 23.3. The first-order chi connectivity index (χ1) is 14.0. The van der Waals surface area contributed by atoms with E-state index >= 15 is 0 Å². The summed E-state index contributed by atoms with van der Waals surface area (Å²) < 4.78 is 26.7. The van der Waals surface area contributed by atoms with E-state index in [0.717, 1.165) is 22.0 Å². The maximum Gasteiger partial charge on any atom is 0.251 e. The summed E-state index contributed by atoms with van der Waals surface area (Å²) in [5, 5.41) is 5.11. The van der Waals surface area contributed by atoms with E-state index in [1.807, 2.05) is 31.4 Å². The van der Waals surface area contributed by atoms with E-state index in [-0.39, 0.29) is 24.7 Å². The summed E-state index contributed by atoms with van der Waals surface area (Å²) in [5.74, 6) is 0.482. The summed E-state index contributed by atoms with van der Waals surface area (Å²) in [5.41, 5.74) is 2.80. The molecule has 1 saturated heterocycles. The number of rotatable bonds is 6. The van der Waals surface area contributed by atoms with Gasteiger partial charge in [0.05, 0.1) is 24.7 Å². The molecule has 6 nitrogen and oxygen atoms in total. The lowest BCUT2D eigenvalue weighted by molar-refractivity contribution is -0.123. The molecule has 0 atom stereocenters. The predicted molar refractivity (Wildman–Crippen MR) is 106 cm³/mol. The average Bonchev–Trinajstić information content (AvgIpc) is 3.14. The number of aryl methyl sites for hydroxylation is 1. The summed E-state index contributed by atoms with van der Waals surface area (Å²) in [6, 6.07) is 5.94. The van der Waals surface area contributed by atoms with Gasteiger partial charge in [-0.05, 0) is 37.6 Å². The van der Waals surface area contributed by atoms with Crippen LogP contribution in [0.1, 0.15) is 18.7 Å². The maximum atomic E-state index is 12.7. The SMILES string of the molecule is Cn1cc(-c2ccc3cnc(CC(=O)C4CCN(CC(F)F)CC4)nc3c2)cn1. The Hall–Kier alpha value is -2.74. The van der Waals surface area contributed by atoms with Crippen molar-refractivity contribution in [3.63, 3.8) is 0 Å². The van der Waals surface area contributed by atoms with Gasteiger partial charge in [0.2, 0.25) is 0 Å². The Morgan fingerprint density at radius 2 is 2.00 bits per heavy atom. The number of carbonyl (C=O) groups excluding carboxylic acids is 1. The van der Waals surface area contributed by atoms with Gasteiger partial charge in [0.25, 0.3) is 6.43 Å². The lowest BCUT2D eigenvalue weighted by Gasteiger charge is -2.30. The van der Waals surface area contributed by atoms with Crippen molar-refractivity contribution in [2.45, 2.75) is 25.7 Å². The van der Waals surface area contributed by atoms with Gasteiger partial charge in [-0.3, -0.25) is 14.4 Å². The molecule has 0 amide bonds. The molecule has 0 N–H and O–H groups in total. The van der Waals surface area contributed by atoms with Gasteiger partial charge in [0, 0.05) is 36.3 Å². The third-order valence-corrected chi connectivity index (χ3v) is 5.44. The van der Waals surface area contributed by atoms with E-state index in [1.165, 1.54) is 0 Å². The number of piperidine rings is 1. The topological polar surface area (TPSA) is 63.9 Å². The van der Waals surface area contributed by atoms with Crippen molar-refractivity contribution in [3.05, 3.63) is 42.6 Å². The number of carbonyl (C=O) groups is 1. The zero-order valence-electron chi connectivity index (χ0n) is 16.3. The Balaban J connectivity index is 1.44. The molecular weight excluding hydrogens is 376 g/mol. The minimum Gasteiger partial charge on any atom is -0.299 e. The number of hydrogen-bond acceptors (Lipinski definition) is 5. The molecule has 1 aromatic carbocycles. The first-order valence-electron chi connectivity index (χ1n) is 9.76. The van der Waals surface area contributed by atoms with Crippen molar-refractivity contribution in [1.82, 2.24) is 24.6 Å². The predicted octanol–water partition coefficient (Wildman–Crippen LogP) is 3.12. The first kappa shape index (κ1) is 19.6. The average molecular weight is 399 g/mol. The number of benzene rings is 1. The highest BCUT2D eigenvalue weighted by molar-refractivity contribution is 5.85. The van der Waals surface area contributed by atoms with Gasteiger partial charge in [0.15, 0.2) is 0 Å². The fourth-order valence-corrected chi connectivity index (χ4v) is 3.83. The van der Waals surface area contributed by atoms with Gasteiger partial charge in [-0.15, -0.1) is 0 Å². The second-order valence-electron chi connectivity index (χ2n) is 7.57. The maximum absolute atomic E-state index is 12.7. The van der Waals surface area contributed by atoms with Crippen molar-refractivity contribution >= 4 is 16.7 Å². The number of aromatic nitrogens is 4. The molecule has 0 spiro atoms. The molecule has 0 unspecified atom stereocenters. The molecule has 3 aromatic rings. The van der Waals surface area contributed by atoms with E-state index in [4.69, 9.17) is 0 Å². The van der Waals surface area contributed by atoms with Crippen LogP contribution in [0, 0.1) is 5.92 Å². The zero-order valence-corrected chi connectivity index (χ0v) is 16.3. The third-order valence-electron chi connectivity index (χ3n) is 5.44.